The molecule has 1 aliphatic heterocycles. The van der Waals surface area contributed by atoms with Gasteiger partial charge in [0.25, 0.3) is 5.91 Å². The molecule has 1 aromatic carbocycles. The molecule has 1 amide bonds. The molecule has 0 atom stereocenters. The molecule has 2 heterocycles. The second-order valence-corrected chi connectivity index (χ2v) is 7.57. The smallest absolute Gasteiger partial charge is 0.289 e. The van der Waals surface area contributed by atoms with E-state index in [4.69, 9.17) is 4.42 Å². The Morgan fingerprint density at radius 3 is 2.62 bits per heavy atom. The van der Waals surface area contributed by atoms with E-state index in [0.717, 1.165) is 24.4 Å². The highest BCUT2D eigenvalue weighted by molar-refractivity contribution is 5.91. The maximum Gasteiger partial charge on any atom is 0.289 e. The summed E-state index contributed by atoms with van der Waals surface area (Å²) >= 11 is 0. The van der Waals surface area contributed by atoms with E-state index >= 15 is 0 Å². The SMILES string of the molecule is CN=C(NCc1c(O)ccc2c1CCCC2)N1CCN(C(=O)c2ccco2)CC1. The number of guanidine groups is 1. The van der Waals surface area contributed by atoms with Crippen LogP contribution < -0.4 is 5.32 Å². The lowest BCUT2D eigenvalue weighted by Gasteiger charge is -2.36. The number of piperazine rings is 1. The minimum Gasteiger partial charge on any atom is -0.508 e. The van der Waals surface area contributed by atoms with Gasteiger partial charge in [0.05, 0.1) is 6.26 Å². The van der Waals surface area contributed by atoms with Crippen LogP contribution in [-0.4, -0.2) is 60.0 Å². The first kappa shape index (κ1) is 19.4. The topological polar surface area (TPSA) is 81.3 Å². The first-order valence-corrected chi connectivity index (χ1v) is 10.3. The van der Waals surface area contributed by atoms with E-state index in [2.05, 4.69) is 21.3 Å². The number of aryl methyl sites for hydroxylation is 1. The van der Waals surface area contributed by atoms with Crippen molar-refractivity contribution in [2.24, 2.45) is 4.99 Å². The van der Waals surface area contributed by atoms with E-state index in [1.807, 2.05) is 11.0 Å². The van der Waals surface area contributed by atoms with Crippen molar-refractivity contribution in [1.29, 1.82) is 0 Å². The number of fused-ring (bicyclic) bond motifs is 1. The van der Waals surface area contributed by atoms with Gasteiger partial charge in [-0.2, -0.15) is 0 Å². The zero-order valence-electron chi connectivity index (χ0n) is 16.9. The summed E-state index contributed by atoms with van der Waals surface area (Å²) in [5.41, 5.74) is 3.62. The lowest BCUT2D eigenvalue weighted by atomic mass is 9.88. The first-order valence-electron chi connectivity index (χ1n) is 10.3. The average Bonchev–Trinajstić information content (AvgIpc) is 3.30. The number of carbonyl (C=O) groups is 1. The second-order valence-electron chi connectivity index (χ2n) is 7.57. The summed E-state index contributed by atoms with van der Waals surface area (Å²) in [5, 5.41) is 13.8. The van der Waals surface area contributed by atoms with Crippen molar-refractivity contribution in [3.63, 3.8) is 0 Å². The van der Waals surface area contributed by atoms with Gasteiger partial charge >= 0.3 is 0 Å². The molecule has 1 aliphatic carbocycles. The molecule has 7 heteroatoms. The average molecular weight is 396 g/mol. The summed E-state index contributed by atoms with van der Waals surface area (Å²) in [7, 11) is 1.77. The minimum absolute atomic E-state index is 0.0709. The van der Waals surface area contributed by atoms with E-state index in [1.54, 1.807) is 19.2 Å². The zero-order chi connectivity index (χ0) is 20.2. The van der Waals surface area contributed by atoms with Gasteiger partial charge in [-0.05, 0) is 55.0 Å². The van der Waals surface area contributed by atoms with E-state index in [-0.39, 0.29) is 5.91 Å². The Labute approximate surface area is 171 Å². The molecule has 7 nitrogen and oxygen atoms in total. The van der Waals surface area contributed by atoms with Crippen molar-refractivity contribution >= 4 is 11.9 Å². The molecule has 1 saturated heterocycles. The van der Waals surface area contributed by atoms with Crippen LogP contribution >= 0.6 is 0 Å². The maximum atomic E-state index is 12.4. The summed E-state index contributed by atoms with van der Waals surface area (Å²) in [6, 6.07) is 7.29. The molecule has 2 N–H and O–H groups in total. The van der Waals surface area contributed by atoms with Crippen LogP contribution in [0.3, 0.4) is 0 Å². The summed E-state index contributed by atoms with van der Waals surface area (Å²) < 4.78 is 5.22. The molecule has 0 radical (unpaired) electrons. The van der Waals surface area contributed by atoms with Crippen molar-refractivity contribution in [2.75, 3.05) is 33.2 Å². The van der Waals surface area contributed by atoms with E-state index in [1.165, 1.54) is 30.2 Å². The number of nitrogens with zero attached hydrogens (tertiary/aromatic N) is 3. The lowest BCUT2D eigenvalue weighted by molar-refractivity contribution is 0.0657. The van der Waals surface area contributed by atoms with Gasteiger partial charge in [0.15, 0.2) is 11.7 Å². The number of rotatable bonds is 3. The normalized spacial score (nSPS) is 17.2. The lowest BCUT2D eigenvalue weighted by Crippen LogP contribution is -2.53. The third-order valence-corrected chi connectivity index (χ3v) is 5.86. The van der Waals surface area contributed by atoms with E-state index in [0.29, 0.717) is 44.2 Å². The van der Waals surface area contributed by atoms with Gasteiger partial charge in [0.2, 0.25) is 0 Å². The highest BCUT2D eigenvalue weighted by Gasteiger charge is 2.25. The molecular formula is C22H28N4O3. The van der Waals surface area contributed by atoms with E-state index in [9.17, 15) is 9.90 Å². The molecule has 0 unspecified atom stereocenters. The highest BCUT2D eigenvalue weighted by Crippen LogP contribution is 2.30. The number of benzene rings is 1. The van der Waals surface area contributed by atoms with E-state index < -0.39 is 0 Å². The van der Waals surface area contributed by atoms with Gasteiger partial charge in [0, 0.05) is 45.3 Å². The zero-order valence-corrected chi connectivity index (χ0v) is 16.9. The predicted molar refractivity (Wildman–Crippen MR) is 111 cm³/mol. The van der Waals surface area contributed by atoms with Gasteiger partial charge in [0.1, 0.15) is 5.75 Å². The van der Waals surface area contributed by atoms with Crippen molar-refractivity contribution in [1.82, 2.24) is 15.1 Å². The van der Waals surface area contributed by atoms with Crippen LogP contribution in [0.4, 0.5) is 0 Å². The molecule has 0 bridgehead atoms. The standard InChI is InChI=1S/C22H28N4O3/c1-23-22(24-15-18-17-6-3-2-5-16(17)8-9-19(18)27)26-12-10-25(11-13-26)21(28)20-7-4-14-29-20/h4,7-9,14,27H,2-3,5-6,10-13,15H2,1H3,(H,23,24). The van der Waals surface area contributed by atoms with Crippen LogP contribution in [0.2, 0.25) is 0 Å². The Hall–Kier alpha value is -2.96. The molecule has 0 spiro atoms. The number of aromatic hydroxyl groups is 1. The van der Waals surface area contributed by atoms with Gasteiger partial charge in [-0.25, -0.2) is 0 Å². The van der Waals surface area contributed by atoms with Crippen LogP contribution in [0, 0.1) is 0 Å². The van der Waals surface area contributed by atoms with Gasteiger partial charge in [-0.3, -0.25) is 9.79 Å². The van der Waals surface area contributed by atoms with Gasteiger partial charge in [-0.1, -0.05) is 6.07 Å². The Bertz CT molecular complexity index is 884. The quantitative estimate of drug-likeness (QED) is 0.615. The molecule has 29 heavy (non-hydrogen) atoms. The number of furan rings is 1. The maximum absolute atomic E-state index is 12.4. The molecule has 154 valence electrons. The molecule has 2 aromatic rings. The molecular weight excluding hydrogens is 368 g/mol. The minimum atomic E-state index is -0.0709. The third-order valence-electron chi connectivity index (χ3n) is 5.86. The number of amides is 1. The van der Waals surface area contributed by atoms with Crippen molar-refractivity contribution < 1.29 is 14.3 Å². The second kappa shape index (κ2) is 8.59. The summed E-state index contributed by atoms with van der Waals surface area (Å²) in [6.07, 6.45) is 6.01. The fraction of sp³-hybridized carbons (Fsp3) is 0.455. The Kier molecular flexibility index (Phi) is 5.74. The fourth-order valence-electron chi connectivity index (χ4n) is 4.27. The number of carbonyl (C=O) groups excluding carboxylic acids is 1. The van der Waals surface area contributed by atoms with Crippen molar-refractivity contribution in [3.05, 3.63) is 53.0 Å². The summed E-state index contributed by atoms with van der Waals surface area (Å²) in [4.78, 5) is 20.8. The van der Waals surface area contributed by atoms with Crippen LogP contribution in [0.5, 0.6) is 5.75 Å². The Morgan fingerprint density at radius 2 is 1.90 bits per heavy atom. The van der Waals surface area contributed by atoms with Crippen LogP contribution in [0.1, 0.15) is 40.1 Å². The summed E-state index contributed by atoms with van der Waals surface area (Å²) in [6.45, 7) is 3.18. The van der Waals surface area contributed by atoms with Gasteiger partial charge < -0.3 is 24.6 Å². The predicted octanol–water partition coefficient (Wildman–Crippen LogP) is 2.40. The Morgan fingerprint density at radius 1 is 1.14 bits per heavy atom. The first-order chi connectivity index (χ1) is 14.2. The number of nitrogens with one attached hydrogen (secondary N) is 1. The van der Waals surface area contributed by atoms with Crippen molar-refractivity contribution in [3.8, 4) is 5.75 Å². The van der Waals surface area contributed by atoms with Crippen molar-refractivity contribution in [2.45, 2.75) is 32.2 Å². The highest BCUT2D eigenvalue weighted by atomic mass is 16.3. The molecule has 4 rings (SSSR count). The number of phenols is 1. The molecule has 1 aromatic heterocycles. The molecule has 0 saturated carbocycles. The molecule has 2 aliphatic rings. The largest absolute Gasteiger partial charge is 0.508 e. The van der Waals surface area contributed by atoms with Gasteiger partial charge in [-0.15, -0.1) is 0 Å². The Balaban J connectivity index is 1.37. The number of hydrogen-bond acceptors (Lipinski definition) is 4. The van der Waals surface area contributed by atoms with Crippen LogP contribution in [0.15, 0.2) is 39.9 Å². The number of hydrogen-bond donors (Lipinski definition) is 2. The monoisotopic (exact) mass is 396 g/mol. The fourth-order valence-corrected chi connectivity index (χ4v) is 4.27. The third kappa shape index (κ3) is 4.09. The number of phenolic OH excluding ortho intramolecular Hbond substituents is 1. The number of aliphatic imine (C=N–C) groups is 1. The molecule has 1 fully saturated rings. The summed E-state index contributed by atoms with van der Waals surface area (Å²) in [5.74, 6) is 1.45. The van der Waals surface area contributed by atoms with Crippen LogP contribution in [0.25, 0.3) is 0 Å². The van der Waals surface area contributed by atoms with Crippen LogP contribution in [-0.2, 0) is 19.4 Å².